The van der Waals surface area contributed by atoms with E-state index in [4.69, 9.17) is 9.47 Å². The highest BCUT2D eigenvalue weighted by atomic mass is 32.1. The largest absolute Gasteiger partial charge is 0.497 e. The first-order valence-corrected chi connectivity index (χ1v) is 11.6. The molecule has 2 atom stereocenters. The number of anilines is 2. The fourth-order valence-electron chi connectivity index (χ4n) is 4.04. The highest BCUT2D eigenvalue weighted by molar-refractivity contribution is 7.15. The number of piperidine rings is 1. The van der Waals surface area contributed by atoms with Crippen LogP contribution in [0.4, 0.5) is 10.8 Å². The van der Waals surface area contributed by atoms with Crippen LogP contribution in [0.15, 0.2) is 48.5 Å². The number of carbonyl (C=O) groups excluding carboxylic acids is 2. The number of nitrogens with one attached hydrogen (secondary N) is 1. The third-order valence-electron chi connectivity index (χ3n) is 5.74. The summed E-state index contributed by atoms with van der Waals surface area (Å²) in [5.41, 5.74) is 1.56. The topological polar surface area (TPSA) is 93.7 Å². The van der Waals surface area contributed by atoms with Crippen LogP contribution in [0.5, 0.6) is 11.5 Å². The van der Waals surface area contributed by atoms with Crippen molar-refractivity contribution in [2.45, 2.75) is 32.2 Å². The fraction of sp³-hybridized carbons (Fsp3) is 0.333. The Balaban J connectivity index is 1.71. The number of rotatable bonds is 7. The van der Waals surface area contributed by atoms with Crippen LogP contribution >= 0.6 is 11.3 Å². The standard InChI is InChI=1S/C24H26N4O4S/c1-4-20-26-27-24(33-20)25-23(30)19-13-14-21(29)28(16-7-11-18(32-3)12-8-16)22(19)15-5-9-17(31-2)10-6-15/h5-12,19,22H,4,13-14H2,1-3H3,(H,25,27,30)/t19-,22-/m1/s1. The SMILES string of the molecule is CCc1nnc(NC(=O)[C@@H]2CCC(=O)N(c3ccc(OC)cc3)[C@@H]2c2ccc(OC)cc2)s1. The summed E-state index contributed by atoms with van der Waals surface area (Å²) < 4.78 is 10.6. The zero-order valence-electron chi connectivity index (χ0n) is 18.8. The molecule has 1 fully saturated rings. The number of hydrogen-bond donors (Lipinski definition) is 1. The van der Waals surface area contributed by atoms with Gasteiger partial charge >= 0.3 is 0 Å². The van der Waals surface area contributed by atoms with Crippen molar-refractivity contribution >= 4 is 34.0 Å². The minimum absolute atomic E-state index is 0.0331. The van der Waals surface area contributed by atoms with Gasteiger partial charge in [0.1, 0.15) is 16.5 Å². The van der Waals surface area contributed by atoms with Gasteiger partial charge in [-0.2, -0.15) is 0 Å². The first kappa shape index (κ1) is 22.7. The molecular formula is C24H26N4O4S. The Morgan fingerprint density at radius 1 is 1.06 bits per heavy atom. The van der Waals surface area contributed by atoms with E-state index in [1.54, 1.807) is 19.1 Å². The number of nitrogens with zero attached hydrogens (tertiary/aromatic N) is 3. The minimum atomic E-state index is -0.482. The molecule has 0 spiro atoms. The predicted octanol–water partition coefficient (Wildman–Crippen LogP) is 4.24. The van der Waals surface area contributed by atoms with Crippen molar-refractivity contribution < 1.29 is 19.1 Å². The first-order chi connectivity index (χ1) is 16.0. The maximum atomic E-state index is 13.4. The third-order valence-corrected chi connectivity index (χ3v) is 6.72. The van der Waals surface area contributed by atoms with Gasteiger partial charge in [0.05, 0.1) is 26.2 Å². The second-order valence-electron chi connectivity index (χ2n) is 7.67. The van der Waals surface area contributed by atoms with Gasteiger partial charge in [-0.25, -0.2) is 0 Å². The van der Waals surface area contributed by atoms with Crippen molar-refractivity contribution in [1.29, 1.82) is 0 Å². The van der Waals surface area contributed by atoms with E-state index >= 15 is 0 Å². The number of aromatic nitrogens is 2. The zero-order valence-corrected chi connectivity index (χ0v) is 19.6. The van der Waals surface area contributed by atoms with Crippen molar-refractivity contribution in [1.82, 2.24) is 10.2 Å². The van der Waals surface area contributed by atoms with Gasteiger partial charge in [-0.3, -0.25) is 9.59 Å². The van der Waals surface area contributed by atoms with Gasteiger partial charge in [-0.15, -0.1) is 10.2 Å². The van der Waals surface area contributed by atoms with Gasteiger partial charge in [0, 0.05) is 12.1 Å². The molecule has 2 amide bonds. The number of ether oxygens (including phenoxy) is 2. The molecule has 3 aromatic rings. The van der Waals surface area contributed by atoms with E-state index in [-0.39, 0.29) is 18.2 Å². The Kier molecular flexibility index (Phi) is 6.88. The predicted molar refractivity (Wildman–Crippen MR) is 127 cm³/mol. The van der Waals surface area contributed by atoms with E-state index in [0.29, 0.717) is 28.7 Å². The monoisotopic (exact) mass is 466 g/mol. The van der Waals surface area contributed by atoms with Gasteiger partial charge < -0.3 is 19.7 Å². The lowest BCUT2D eigenvalue weighted by molar-refractivity contribution is -0.125. The summed E-state index contributed by atoms with van der Waals surface area (Å²) in [7, 11) is 3.20. The lowest BCUT2D eigenvalue weighted by Gasteiger charge is -2.40. The maximum absolute atomic E-state index is 13.4. The van der Waals surface area contributed by atoms with E-state index in [9.17, 15) is 9.59 Å². The lowest BCUT2D eigenvalue weighted by Crippen LogP contribution is -2.46. The second-order valence-corrected chi connectivity index (χ2v) is 8.73. The Morgan fingerprint density at radius 3 is 2.27 bits per heavy atom. The van der Waals surface area contributed by atoms with E-state index in [1.165, 1.54) is 11.3 Å². The zero-order chi connectivity index (χ0) is 23.4. The molecule has 172 valence electrons. The summed E-state index contributed by atoms with van der Waals surface area (Å²) in [6, 6.07) is 14.3. The number of methoxy groups -OCH3 is 2. The summed E-state index contributed by atoms with van der Waals surface area (Å²) in [4.78, 5) is 28.3. The van der Waals surface area contributed by atoms with Crippen LogP contribution in [0.1, 0.15) is 36.4 Å². The minimum Gasteiger partial charge on any atom is -0.497 e. The van der Waals surface area contributed by atoms with Gasteiger partial charge in [-0.05, 0) is 54.8 Å². The summed E-state index contributed by atoms with van der Waals surface area (Å²) in [5, 5.41) is 12.4. The molecule has 1 aliphatic heterocycles. The molecular weight excluding hydrogens is 440 g/mol. The molecule has 0 saturated carbocycles. The highest BCUT2D eigenvalue weighted by Crippen LogP contribution is 2.41. The molecule has 2 aromatic carbocycles. The fourth-order valence-corrected chi connectivity index (χ4v) is 4.72. The summed E-state index contributed by atoms with van der Waals surface area (Å²) in [6.07, 6.45) is 1.46. The number of hydrogen-bond acceptors (Lipinski definition) is 7. The molecule has 1 N–H and O–H groups in total. The summed E-state index contributed by atoms with van der Waals surface area (Å²) >= 11 is 1.36. The Labute approximate surface area is 196 Å². The number of benzene rings is 2. The maximum Gasteiger partial charge on any atom is 0.231 e. The van der Waals surface area contributed by atoms with E-state index in [1.807, 2.05) is 55.5 Å². The highest BCUT2D eigenvalue weighted by Gasteiger charge is 2.41. The van der Waals surface area contributed by atoms with Crippen LogP contribution < -0.4 is 19.7 Å². The van der Waals surface area contributed by atoms with Crippen molar-refractivity contribution in [2.24, 2.45) is 5.92 Å². The second kappa shape index (κ2) is 9.99. The number of carbonyl (C=O) groups is 2. The molecule has 2 heterocycles. The molecule has 0 radical (unpaired) electrons. The molecule has 0 unspecified atom stereocenters. The molecule has 1 aromatic heterocycles. The summed E-state index contributed by atoms with van der Waals surface area (Å²) in [5.74, 6) is 0.724. The number of amides is 2. The van der Waals surface area contributed by atoms with Crippen molar-refractivity contribution in [3.8, 4) is 11.5 Å². The molecule has 4 rings (SSSR count). The van der Waals surface area contributed by atoms with Crippen molar-refractivity contribution in [2.75, 3.05) is 24.4 Å². The van der Waals surface area contributed by atoms with Crippen LogP contribution in [0.2, 0.25) is 0 Å². The molecule has 0 bridgehead atoms. The Bertz CT molecular complexity index is 1110. The normalized spacial score (nSPS) is 18.2. The van der Waals surface area contributed by atoms with Crippen LogP contribution in [0.25, 0.3) is 0 Å². The van der Waals surface area contributed by atoms with Gasteiger partial charge in [0.2, 0.25) is 16.9 Å². The number of aryl methyl sites for hydroxylation is 1. The van der Waals surface area contributed by atoms with E-state index in [2.05, 4.69) is 15.5 Å². The molecule has 1 saturated heterocycles. The van der Waals surface area contributed by atoms with Crippen LogP contribution in [0.3, 0.4) is 0 Å². The molecule has 9 heteroatoms. The molecule has 1 aliphatic rings. The summed E-state index contributed by atoms with van der Waals surface area (Å²) in [6.45, 7) is 1.99. The van der Waals surface area contributed by atoms with Crippen LogP contribution in [-0.2, 0) is 16.0 Å². The van der Waals surface area contributed by atoms with E-state index < -0.39 is 12.0 Å². The Hall–Kier alpha value is -3.46. The molecule has 33 heavy (non-hydrogen) atoms. The van der Waals surface area contributed by atoms with Gasteiger partial charge in [0.15, 0.2) is 0 Å². The lowest BCUT2D eigenvalue weighted by atomic mass is 9.83. The smallest absolute Gasteiger partial charge is 0.231 e. The first-order valence-electron chi connectivity index (χ1n) is 10.8. The quantitative estimate of drug-likeness (QED) is 0.560. The average molecular weight is 467 g/mol. The van der Waals surface area contributed by atoms with Crippen LogP contribution in [-0.4, -0.2) is 36.2 Å². The average Bonchev–Trinajstić information content (AvgIpc) is 3.31. The van der Waals surface area contributed by atoms with Gasteiger partial charge in [0.25, 0.3) is 0 Å². The van der Waals surface area contributed by atoms with Gasteiger partial charge in [-0.1, -0.05) is 30.4 Å². The molecule has 8 nitrogen and oxygen atoms in total. The third kappa shape index (κ3) is 4.83. The van der Waals surface area contributed by atoms with Crippen LogP contribution in [0, 0.1) is 5.92 Å². The Morgan fingerprint density at radius 2 is 1.70 bits per heavy atom. The van der Waals surface area contributed by atoms with Crippen molar-refractivity contribution in [3.05, 3.63) is 59.1 Å². The molecule has 0 aliphatic carbocycles. The van der Waals surface area contributed by atoms with Crippen molar-refractivity contribution in [3.63, 3.8) is 0 Å². The van der Waals surface area contributed by atoms with E-state index in [0.717, 1.165) is 17.0 Å².